The van der Waals surface area contributed by atoms with Crippen molar-refractivity contribution in [1.29, 1.82) is 0 Å². The summed E-state index contributed by atoms with van der Waals surface area (Å²) in [5.74, 6) is -1.73. The number of halogens is 3. The van der Waals surface area contributed by atoms with Gasteiger partial charge in [-0.1, -0.05) is 0 Å². The molecule has 2 fully saturated rings. The Balaban J connectivity index is 0.000000197. The van der Waals surface area contributed by atoms with Crippen molar-refractivity contribution in [2.75, 3.05) is 12.3 Å². The Kier molecular flexibility index (Phi) is 6.04. The first kappa shape index (κ1) is 20.3. The fraction of sp³-hybridized carbons (Fsp3) is 0.667. The number of carboxylic acid groups (broad SMARTS) is 1. The number of fused-ring (bicyclic) bond motifs is 1. The van der Waals surface area contributed by atoms with Crippen molar-refractivity contribution in [1.82, 2.24) is 9.97 Å². The minimum Gasteiger partial charge on any atom is -0.481 e. The number of ether oxygens (including phenoxy) is 3. The molecule has 3 unspecified atom stereocenters. The number of hydrogen-bond donors (Lipinski definition) is 2. The van der Waals surface area contributed by atoms with Gasteiger partial charge in [-0.3, -0.25) is 9.78 Å². The summed E-state index contributed by atoms with van der Waals surface area (Å²) >= 11 is 0. The van der Waals surface area contributed by atoms with E-state index >= 15 is 0 Å². The molecule has 26 heavy (non-hydrogen) atoms. The van der Waals surface area contributed by atoms with Crippen molar-refractivity contribution in [2.24, 2.45) is 0 Å². The summed E-state index contributed by atoms with van der Waals surface area (Å²) in [6.07, 6.45) is -2.72. The van der Waals surface area contributed by atoms with Gasteiger partial charge in [-0.2, -0.15) is 13.2 Å². The summed E-state index contributed by atoms with van der Waals surface area (Å²) in [7, 11) is 0. The highest BCUT2D eigenvalue weighted by Gasteiger charge is 2.48. The third kappa shape index (κ3) is 5.51. The molecule has 0 bridgehead atoms. The minimum absolute atomic E-state index is 0.0272. The van der Waals surface area contributed by atoms with Crippen LogP contribution < -0.4 is 5.73 Å². The Morgan fingerprint density at radius 3 is 2.62 bits per heavy atom. The zero-order valence-corrected chi connectivity index (χ0v) is 14.2. The Morgan fingerprint density at radius 1 is 1.38 bits per heavy atom. The number of nitrogens with zero attached hydrogens (tertiary/aromatic N) is 2. The molecule has 11 heteroatoms. The second-order valence-corrected chi connectivity index (χ2v) is 6.26. The van der Waals surface area contributed by atoms with Crippen LogP contribution in [0.3, 0.4) is 0 Å². The van der Waals surface area contributed by atoms with Gasteiger partial charge in [-0.05, 0) is 20.3 Å². The van der Waals surface area contributed by atoms with Crippen molar-refractivity contribution in [2.45, 2.75) is 57.0 Å². The molecule has 3 rings (SSSR count). The van der Waals surface area contributed by atoms with Crippen LogP contribution in [0.5, 0.6) is 0 Å². The van der Waals surface area contributed by atoms with Crippen LogP contribution in [0.25, 0.3) is 0 Å². The molecule has 0 aliphatic carbocycles. The van der Waals surface area contributed by atoms with Crippen molar-refractivity contribution in [3.05, 3.63) is 18.1 Å². The third-order valence-corrected chi connectivity index (χ3v) is 3.64. The number of hydrogen-bond acceptors (Lipinski definition) is 7. The van der Waals surface area contributed by atoms with Crippen LogP contribution in [-0.4, -0.2) is 51.7 Å². The molecular formula is C15H20F3N3O5. The summed E-state index contributed by atoms with van der Waals surface area (Å²) in [4.78, 5) is 16.9. The van der Waals surface area contributed by atoms with E-state index in [0.29, 0.717) is 12.8 Å². The second-order valence-electron chi connectivity index (χ2n) is 6.26. The summed E-state index contributed by atoms with van der Waals surface area (Å²) in [5.41, 5.74) is 3.91. The first-order valence-electron chi connectivity index (χ1n) is 7.82. The first-order valence-corrected chi connectivity index (χ1v) is 7.82. The maximum absolute atomic E-state index is 11.8. The van der Waals surface area contributed by atoms with E-state index in [-0.39, 0.29) is 30.6 Å². The molecule has 146 valence electrons. The highest BCUT2D eigenvalue weighted by Crippen LogP contribution is 2.36. The number of nitrogens with two attached hydrogens (primary N) is 1. The van der Waals surface area contributed by atoms with Crippen LogP contribution >= 0.6 is 0 Å². The quantitative estimate of drug-likeness (QED) is 0.800. The van der Waals surface area contributed by atoms with Crippen molar-refractivity contribution < 1.29 is 37.3 Å². The van der Waals surface area contributed by atoms with Gasteiger partial charge in [0.2, 0.25) is 0 Å². The Labute approximate surface area is 147 Å². The zero-order chi connectivity index (χ0) is 19.5. The monoisotopic (exact) mass is 379 g/mol. The van der Waals surface area contributed by atoms with Gasteiger partial charge >= 0.3 is 12.1 Å². The van der Waals surface area contributed by atoms with Crippen LogP contribution in [0.4, 0.5) is 19.0 Å². The number of aromatic nitrogens is 2. The lowest BCUT2D eigenvalue weighted by atomic mass is 10.0. The highest BCUT2D eigenvalue weighted by molar-refractivity contribution is 5.67. The van der Waals surface area contributed by atoms with E-state index in [1.54, 1.807) is 0 Å². The van der Waals surface area contributed by atoms with E-state index < -0.39 is 23.6 Å². The second kappa shape index (κ2) is 7.72. The van der Waals surface area contributed by atoms with E-state index in [0.717, 1.165) is 12.6 Å². The minimum atomic E-state index is -4.47. The van der Waals surface area contributed by atoms with Crippen LogP contribution in [0, 0.1) is 0 Å². The summed E-state index contributed by atoms with van der Waals surface area (Å²) < 4.78 is 52.2. The van der Waals surface area contributed by atoms with Gasteiger partial charge in [0.1, 0.15) is 11.9 Å². The maximum Gasteiger partial charge on any atom is 0.434 e. The lowest BCUT2D eigenvalue weighted by molar-refractivity contribution is -0.160. The molecule has 0 amide bonds. The molecule has 1 aromatic rings. The van der Waals surface area contributed by atoms with E-state index in [1.165, 1.54) is 0 Å². The van der Waals surface area contributed by atoms with Crippen molar-refractivity contribution in [3.63, 3.8) is 0 Å². The SMILES string of the molecule is CC1(C)OC2CCOC(CC(=O)O)C2O1.Nc1cncc(C(F)(F)F)n1. The van der Waals surface area contributed by atoms with E-state index in [9.17, 15) is 18.0 Å². The number of carbonyl (C=O) groups is 1. The van der Waals surface area contributed by atoms with E-state index in [2.05, 4.69) is 9.97 Å². The number of aliphatic carboxylic acids is 1. The molecule has 2 aliphatic rings. The summed E-state index contributed by atoms with van der Waals surface area (Å²) in [6, 6.07) is 0. The Bertz CT molecular complexity index is 641. The number of nitrogen functional groups attached to an aromatic ring is 1. The molecule has 3 atom stereocenters. The van der Waals surface area contributed by atoms with Gasteiger partial charge in [-0.25, -0.2) is 4.98 Å². The molecule has 1 aromatic heterocycles. The van der Waals surface area contributed by atoms with Crippen LogP contribution in [0.15, 0.2) is 12.4 Å². The number of anilines is 1. The van der Waals surface area contributed by atoms with Crippen molar-refractivity contribution >= 4 is 11.8 Å². The molecule has 0 aromatic carbocycles. The van der Waals surface area contributed by atoms with Gasteiger partial charge in [0.15, 0.2) is 11.5 Å². The van der Waals surface area contributed by atoms with Gasteiger partial charge in [0.05, 0.1) is 31.0 Å². The molecule has 2 saturated heterocycles. The zero-order valence-electron chi connectivity index (χ0n) is 14.2. The maximum atomic E-state index is 11.8. The molecule has 0 spiro atoms. The molecule has 3 N–H and O–H groups in total. The molecule has 3 heterocycles. The predicted molar refractivity (Wildman–Crippen MR) is 81.9 cm³/mol. The number of carboxylic acids is 1. The molecule has 0 saturated carbocycles. The molecule has 8 nitrogen and oxygen atoms in total. The summed E-state index contributed by atoms with van der Waals surface area (Å²) in [6.45, 7) is 4.21. The lowest BCUT2D eigenvalue weighted by Gasteiger charge is -2.30. The predicted octanol–water partition coefficient (Wildman–Crippen LogP) is 1.85. The summed E-state index contributed by atoms with van der Waals surface area (Å²) in [5, 5.41) is 8.74. The number of rotatable bonds is 2. The average molecular weight is 379 g/mol. The topological polar surface area (TPSA) is 117 Å². The first-order chi connectivity index (χ1) is 12.0. The smallest absolute Gasteiger partial charge is 0.434 e. The van der Waals surface area contributed by atoms with Gasteiger partial charge < -0.3 is 25.1 Å². The molecular weight excluding hydrogens is 359 g/mol. The van der Waals surface area contributed by atoms with Gasteiger partial charge in [0.25, 0.3) is 0 Å². The normalized spacial score (nSPS) is 27.2. The fourth-order valence-electron chi connectivity index (χ4n) is 2.70. The third-order valence-electron chi connectivity index (χ3n) is 3.64. The van der Waals surface area contributed by atoms with E-state index in [1.807, 2.05) is 13.8 Å². The lowest BCUT2D eigenvalue weighted by Crippen LogP contribution is -2.43. The fourth-order valence-corrected chi connectivity index (χ4v) is 2.70. The average Bonchev–Trinajstić information content (AvgIpc) is 2.82. The van der Waals surface area contributed by atoms with Crippen molar-refractivity contribution in [3.8, 4) is 0 Å². The van der Waals surface area contributed by atoms with Gasteiger partial charge in [0, 0.05) is 6.61 Å². The molecule has 0 radical (unpaired) electrons. The Morgan fingerprint density at radius 2 is 2.08 bits per heavy atom. The largest absolute Gasteiger partial charge is 0.481 e. The number of alkyl halides is 3. The van der Waals surface area contributed by atoms with E-state index in [4.69, 9.17) is 25.1 Å². The van der Waals surface area contributed by atoms with Crippen LogP contribution in [0.2, 0.25) is 0 Å². The van der Waals surface area contributed by atoms with Crippen LogP contribution in [-0.2, 0) is 25.2 Å². The highest BCUT2D eigenvalue weighted by atomic mass is 19.4. The van der Waals surface area contributed by atoms with Crippen LogP contribution in [0.1, 0.15) is 32.4 Å². The standard InChI is InChI=1S/C10H16O5.C5H4F3N3/c1-10(2)14-6-3-4-13-7(5-8(11)12)9(6)15-10;6-5(7,8)3-1-10-2-4(9)11-3/h6-7,9H,3-5H2,1-2H3,(H,11,12);1-2H,(H2,9,11). The molecule has 2 aliphatic heterocycles. The van der Waals surface area contributed by atoms with Gasteiger partial charge in [-0.15, -0.1) is 0 Å². The Hall–Kier alpha value is -1.98.